The van der Waals surface area contributed by atoms with Gasteiger partial charge in [0.1, 0.15) is 11.5 Å². The molecule has 1 saturated carbocycles. The van der Waals surface area contributed by atoms with E-state index in [9.17, 15) is 4.79 Å². The summed E-state index contributed by atoms with van der Waals surface area (Å²) in [5, 5.41) is 0. The number of ketones is 1. The second kappa shape index (κ2) is 3.96. The Labute approximate surface area is 83.3 Å². The van der Waals surface area contributed by atoms with Crippen molar-refractivity contribution in [2.45, 2.75) is 31.7 Å². The average Bonchev–Trinajstić information content (AvgIpc) is 2.87. The third-order valence-electron chi connectivity index (χ3n) is 2.64. The van der Waals surface area contributed by atoms with Crippen molar-refractivity contribution >= 4 is 5.78 Å². The minimum atomic E-state index is 0.0671. The highest BCUT2D eigenvalue weighted by molar-refractivity contribution is 5.80. The Balaban J connectivity index is 1.78. The van der Waals surface area contributed by atoms with Crippen LogP contribution < -0.4 is 5.73 Å². The molecule has 0 bridgehead atoms. The Morgan fingerprint density at radius 1 is 1.64 bits per heavy atom. The highest BCUT2D eigenvalue weighted by Gasteiger charge is 2.29. The SMILES string of the molecule is NC(CC(=O)Cc1ccco1)C1CC1. The van der Waals surface area contributed by atoms with Gasteiger partial charge in [0.15, 0.2) is 0 Å². The fourth-order valence-corrected chi connectivity index (χ4v) is 1.63. The molecule has 2 N–H and O–H groups in total. The molecule has 0 spiro atoms. The minimum absolute atomic E-state index is 0.0671. The predicted octanol–water partition coefficient (Wildman–Crippen LogP) is 1.52. The summed E-state index contributed by atoms with van der Waals surface area (Å²) in [6.07, 6.45) is 4.84. The predicted molar refractivity (Wildman–Crippen MR) is 52.7 cm³/mol. The van der Waals surface area contributed by atoms with Crippen LogP contribution in [0.1, 0.15) is 25.0 Å². The summed E-state index contributed by atoms with van der Waals surface area (Å²) in [6.45, 7) is 0. The van der Waals surface area contributed by atoms with Crippen LogP contribution in [0.4, 0.5) is 0 Å². The van der Waals surface area contributed by atoms with E-state index in [1.165, 1.54) is 12.8 Å². The van der Waals surface area contributed by atoms with Gasteiger partial charge in [-0.05, 0) is 30.9 Å². The molecule has 1 aromatic heterocycles. The molecule has 1 aliphatic carbocycles. The lowest BCUT2D eigenvalue weighted by molar-refractivity contribution is -0.119. The van der Waals surface area contributed by atoms with Crippen LogP contribution in [-0.2, 0) is 11.2 Å². The summed E-state index contributed by atoms with van der Waals surface area (Å²) in [5.74, 6) is 1.51. The quantitative estimate of drug-likeness (QED) is 0.771. The van der Waals surface area contributed by atoms with Gasteiger partial charge in [0.25, 0.3) is 0 Å². The highest BCUT2D eigenvalue weighted by atomic mass is 16.3. The van der Waals surface area contributed by atoms with E-state index in [1.54, 1.807) is 12.3 Å². The molecule has 76 valence electrons. The number of carbonyl (C=O) groups is 1. The number of hydrogen-bond donors (Lipinski definition) is 1. The van der Waals surface area contributed by atoms with E-state index >= 15 is 0 Å². The van der Waals surface area contributed by atoms with Crippen molar-refractivity contribution in [3.63, 3.8) is 0 Å². The maximum absolute atomic E-state index is 11.5. The zero-order chi connectivity index (χ0) is 9.97. The largest absolute Gasteiger partial charge is 0.469 e. The third kappa shape index (κ3) is 2.45. The van der Waals surface area contributed by atoms with E-state index in [2.05, 4.69) is 0 Å². The first-order chi connectivity index (χ1) is 6.75. The van der Waals surface area contributed by atoms with E-state index in [0.717, 1.165) is 5.76 Å². The van der Waals surface area contributed by atoms with Gasteiger partial charge in [-0.2, -0.15) is 0 Å². The monoisotopic (exact) mass is 193 g/mol. The van der Waals surface area contributed by atoms with Crippen LogP contribution in [0, 0.1) is 5.92 Å². The summed E-state index contributed by atoms with van der Waals surface area (Å²) < 4.78 is 5.10. The van der Waals surface area contributed by atoms with Crippen LogP contribution in [0.5, 0.6) is 0 Å². The van der Waals surface area contributed by atoms with Gasteiger partial charge >= 0.3 is 0 Å². The van der Waals surface area contributed by atoms with Gasteiger partial charge in [-0.3, -0.25) is 4.79 Å². The molecule has 1 aromatic rings. The molecule has 14 heavy (non-hydrogen) atoms. The van der Waals surface area contributed by atoms with Gasteiger partial charge in [-0.1, -0.05) is 0 Å². The lowest BCUT2D eigenvalue weighted by Gasteiger charge is -2.07. The number of furan rings is 1. The average molecular weight is 193 g/mol. The molecule has 0 saturated heterocycles. The van der Waals surface area contributed by atoms with Crippen molar-refractivity contribution in [3.8, 4) is 0 Å². The maximum Gasteiger partial charge on any atom is 0.141 e. The molecule has 3 heteroatoms. The Morgan fingerprint density at radius 3 is 3.00 bits per heavy atom. The lowest BCUT2D eigenvalue weighted by Crippen LogP contribution is -2.26. The van der Waals surface area contributed by atoms with Gasteiger partial charge in [-0.15, -0.1) is 0 Å². The molecule has 1 fully saturated rings. The van der Waals surface area contributed by atoms with Crippen molar-refractivity contribution in [2.24, 2.45) is 11.7 Å². The van der Waals surface area contributed by atoms with E-state index in [1.807, 2.05) is 6.07 Å². The summed E-state index contributed by atoms with van der Waals surface area (Å²) in [7, 11) is 0. The Bertz CT molecular complexity index is 301. The van der Waals surface area contributed by atoms with Crippen molar-refractivity contribution in [3.05, 3.63) is 24.2 Å². The Morgan fingerprint density at radius 2 is 2.43 bits per heavy atom. The van der Waals surface area contributed by atoms with E-state index in [4.69, 9.17) is 10.2 Å². The molecule has 0 aliphatic heterocycles. The van der Waals surface area contributed by atoms with Gasteiger partial charge in [0, 0.05) is 12.5 Å². The lowest BCUT2D eigenvalue weighted by atomic mass is 10.0. The van der Waals surface area contributed by atoms with Gasteiger partial charge in [-0.25, -0.2) is 0 Å². The number of Topliss-reactive ketones (excluding diaryl/α,β-unsaturated/α-hetero) is 1. The smallest absolute Gasteiger partial charge is 0.141 e. The highest BCUT2D eigenvalue weighted by Crippen LogP contribution is 2.32. The van der Waals surface area contributed by atoms with Gasteiger partial charge in [0.05, 0.1) is 12.7 Å². The summed E-state index contributed by atoms with van der Waals surface area (Å²) >= 11 is 0. The van der Waals surface area contributed by atoms with Crippen molar-refractivity contribution in [1.82, 2.24) is 0 Å². The molecular weight excluding hydrogens is 178 g/mol. The fraction of sp³-hybridized carbons (Fsp3) is 0.545. The zero-order valence-electron chi connectivity index (χ0n) is 8.11. The summed E-state index contributed by atoms with van der Waals surface area (Å²) in [6, 6.07) is 3.68. The molecule has 0 aromatic carbocycles. The number of carbonyl (C=O) groups excluding carboxylic acids is 1. The van der Waals surface area contributed by atoms with E-state index < -0.39 is 0 Å². The number of rotatable bonds is 5. The van der Waals surface area contributed by atoms with Crippen LogP contribution in [0.2, 0.25) is 0 Å². The topological polar surface area (TPSA) is 56.2 Å². The van der Waals surface area contributed by atoms with Crippen LogP contribution >= 0.6 is 0 Å². The van der Waals surface area contributed by atoms with Crippen LogP contribution in [-0.4, -0.2) is 11.8 Å². The van der Waals surface area contributed by atoms with Crippen LogP contribution in [0.25, 0.3) is 0 Å². The first kappa shape index (κ1) is 9.46. The fourth-order valence-electron chi connectivity index (χ4n) is 1.63. The molecule has 1 aliphatic rings. The Hall–Kier alpha value is -1.09. The molecule has 1 heterocycles. The summed E-state index contributed by atoms with van der Waals surface area (Å²) in [5.41, 5.74) is 5.86. The van der Waals surface area contributed by atoms with Gasteiger partial charge < -0.3 is 10.2 Å². The third-order valence-corrected chi connectivity index (χ3v) is 2.64. The second-order valence-corrected chi connectivity index (χ2v) is 4.00. The molecular formula is C11H15NO2. The molecule has 2 rings (SSSR count). The number of hydrogen-bond acceptors (Lipinski definition) is 3. The molecule has 1 atom stereocenters. The van der Waals surface area contributed by atoms with E-state index in [-0.39, 0.29) is 11.8 Å². The first-order valence-corrected chi connectivity index (χ1v) is 5.05. The normalized spacial score (nSPS) is 18.1. The summed E-state index contributed by atoms with van der Waals surface area (Å²) in [4.78, 5) is 11.5. The van der Waals surface area contributed by atoms with Gasteiger partial charge in [0.2, 0.25) is 0 Å². The van der Waals surface area contributed by atoms with Crippen molar-refractivity contribution in [2.75, 3.05) is 0 Å². The van der Waals surface area contributed by atoms with Crippen LogP contribution in [0.3, 0.4) is 0 Å². The number of nitrogens with two attached hydrogens (primary N) is 1. The zero-order valence-corrected chi connectivity index (χ0v) is 8.11. The van der Waals surface area contributed by atoms with E-state index in [0.29, 0.717) is 18.8 Å². The molecule has 0 amide bonds. The Kier molecular flexibility index (Phi) is 2.68. The molecule has 0 radical (unpaired) electrons. The minimum Gasteiger partial charge on any atom is -0.469 e. The molecule has 3 nitrogen and oxygen atoms in total. The standard InChI is InChI=1S/C11H15NO2/c12-11(8-3-4-8)7-9(13)6-10-2-1-5-14-10/h1-2,5,8,11H,3-4,6-7,12H2. The maximum atomic E-state index is 11.5. The van der Waals surface area contributed by atoms with Crippen molar-refractivity contribution in [1.29, 1.82) is 0 Å². The first-order valence-electron chi connectivity index (χ1n) is 5.05. The second-order valence-electron chi connectivity index (χ2n) is 4.00. The molecule has 1 unspecified atom stereocenters. The van der Waals surface area contributed by atoms with Crippen LogP contribution in [0.15, 0.2) is 22.8 Å². The van der Waals surface area contributed by atoms with Crippen molar-refractivity contribution < 1.29 is 9.21 Å².